The van der Waals surface area contributed by atoms with E-state index in [-0.39, 0.29) is 49.9 Å². The van der Waals surface area contributed by atoms with Crippen molar-refractivity contribution in [1.82, 2.24) is 16.0 Å². The first-order valence-corrected chi connectivity index (χ1v) is 17.3. The monoisotopic (exact) mass is 681 g/mol. The van der Waals surface area contributed by atoms with E-state index in [1.54, 1.807) is 0 Å². The fourth-order valence-corrected chi connectivity index (χ4v) is 6.21. The molecular formula is C40H47N3O7. The summed E-state index contributed by atoms with van der Waals surface area (Å²) in [5.41, 5.74) is 2.41. The van der Waals surface area contributed by atoms with Crippen LogP contribution in [0.3, 0.4) is 0 Å². The van der Waals surface area contributed by atoms with Gasteiger partial charge in [-0.3, -0.25) is 24.0 Å². The van der Waals surface area contributed by atoms with Crippen molar-refractivity contribution in [3.8, 4) is 0 Å². The molecule has 3 amide bonds. The maximum Gasteiger partial charge on any atom is 0.408 e. The lowest BCUT2D eigenvalue weighted by Gasteiger charge is -2.25. The van der Waals surface area contributed by atoms with Crippen molar-refractivity contribution in [2.24, 2.45) is 17.8 Å². The average Bonchev–Trinajstić information content (AvgIpc) is 3.53. The van der Waals surface area contributed by atoms with E-state index in [0.29, 0.717) is 25.7 Å². The van der Waals surface area contributed by atoms with E-state index < -0.39 is 47.6 Å². The molecule has 0 heterocycles. The van der Waals surface area contributed by atoms with Crippen LogP contribution >= 0.6 is 0 Å². The normalized spacial score (nSPS) is 15.8. The quantitative estimate of drug-likeness (QED) is 0.155. The van der Waals surface area contributed by atoms with Crippen molar-refractivity contribution in [1.29, 1.82) is 0 Å². The molecule has 0 saturated heterocycles. The van der Waals surface area contributed by atoms with Crippen LogP contribution in [0.1, 0.15) is 69.1 Å². The molecule has 1 aliphatic rings. The molecule has 0 unspecified atom stereocenters. The van der Waals surface area contributed by atoms with Gasteiger partial charge in [-0.1, -0.05) is 105 Å². The van der Waals surface area contributed by atoms with Gasteiger partial charge in [-0.2, -0.15) is 0 Å². The van der Waals surface area contributed by atoms with E-state index in [0.717, 1.165) is 16.7 Å². The van der Waals surface area contributed by atoms with E-state index >= 15 is 0 Å². The van der Waals surface area contributed by atoms with E-state index in [1.807, 2.05) is 105 Å². The molecule has 10 heteroatoms. The van der Waals surface area contributed by atoms with Gasteiger partial charge in [0.2, 0.25) is 11.7 Å². The first-order chi connectivity index (χ1) is 24.1. The highest BCUT2D eigenvalue weighted by atomic mass is 16.5. The molecule has 10 nitrogen and oxygen atoms in total. The highest BCUT2D eigenvalue weighted by molar-refractivity contribution is 6.38. The van der Waals surface area contributed by atoms with Crippen LogP contribution in [0.2, 0.25) is 0 Å². The number of nitrogens with one attached hydrogen (secondary N) is 3. The Labute approximate surface area is 293 Å². The van der Waals surface area contributed by atoms with Crippen molar-refractivity contribution in [3.05, 3.63) is 108 Å². The lowest BCUT2D eigenvalue weighted by atomic mass is 9.87. The Morgan fingerprint density at radius 1 is 0.780 bits per heavy atom. The topological polar surface area (TPSA) is 148 Å². The zero-order valence-corrected chi connectivity index (χ0v) is 28.8. The molecule has 4 atom stereocenters. The summed E-state index contributed by atoms with van der Waals surface area (Å²) < 4.78 is 5.40. The fourth-order valence-electron chi connectivity index (χ4n) is 6.21. The molecule has 3 aromatic rings. The van der Waals surface area contributed by atoms with Gasteiger partial charge in [0.25, 0.3) is 5.91 Å². The Balaban J connectivity index is 1.48. The number of alkyl carbamates (subject to hydrolysis) is 1. The molecular weight excluding hydrogens is 634 g/mol. The SMILES string of the molecule is CC(C)C[C@H](CC(=O)[C@H](Cc1ccccc1)NC(=O)OCc1ccccc1)C(=O)N[C@@H](C[C@@H]1CCCC1=O)C(=O)C(=O)NCc1ccccc1. The number of ketones is 3. The third-order valence-corrected chi connectivity index (χ3v) is 8.85. The number of carbonyl (C=O) groups is 6. The van der Waals surface area contributed by atoms with Crippen LogP contribution in [-0.4, -0.2) is 47.3 Å². The first-order valence-electron chi connectivity index (χ1n) is 17.3. The van der Waals surface area contributed by atoms with Gasteiger partial charge in [0.15, 0.2) is 5.78 Å². The minimum Gasteiger partial charge on any atom is -0.445 e. The van der Waals surface area contributed by atoms with E-state index in [1.165, 1.54) is 0 Å². The maximum atomic E-state index is 13.9. The van der Waals surface area contributed by atoms with E-state index in [4.69, 9.17) is 4.74 Å². The van der Waals surface area contributed by atoms with Crippen LogP contribution in [-0.2, 0) is 48.3 Å². The van der Waals surface area contributed by atoms with Crippen LogP contribution in [0.4, 0.5) is 4.79 Å². The first kappa shape index (κ1) is 37.7. The smallest absolute Gasteiger partial charge is 0.408 e. The van der Waals surface area contributed by atoms with Gasteiger partial charge in [0.1, 0.15) is 12.4 Å². The molecule has 0 aromatic heterocycles. The number of rotatable bonds is 18. The number of Topliss-reactive ketones (excluding diaryl/α,β-unsaturated/α-hetero) is 3. The molecule has 1 saturated carbocycles. The average molecular weight is 682 g/mol. The van der Waals surface area contributed by atoms with Gasteiger partial charge in [-0.25, -0.2) is 4.79 Å². The van der Waals surface area contributed by atoms with Crippen LogP contribution in [0.15, 0.2) is 91.0 Å². The van der Waals surface area contributed by atoms with Gasteiger partial charge in [-0.05, 0) is 54.7 Å². The molecule has 1 aliphatic carbocycles. The Hall–Kier alpha value is -5.12. The highest BCUT2D eigenvalue weighted by Gasteiger charge is 2.36. The summed E-state index contributed by atoms with van der Waals surface area (Å²) in [4.78, 5) is 79.7. The summed E-state index contributed by atoms with van der Waals surface area (Å²) in [6.45, 7) is 3.99. The Kier molecular flexibility index (Phi) is 14.4. The number of benzene rings is 3. The molecule has 1 fully saturated rings. The van der Waals surface area contributed by atoms with Crippen molar-refractivity contribution < 1.29 is 33.5 Å². The minimum absolute atomic E-state index is 0.00429. The third-order valence-electron chi connectivity index (χ3n) is 8.85. The van der Waals surface area contributed by atoms with Crippen LogP contribution in [0.25, 0.3) is 0 Å². The number of hydrogen-bond donors (Lipinski definition) is 3. The molecule has 3 aromatic carbocycles. The van der Waals surface area contributed by atoms with Gasteiger partial charge >= 0.3 is 6.09 Å². The third kappa shape index (κ3) is 12.1. The Morgan fingerprint density at radius 2 is 1.38 bits per heavy atom. The lowest BCUT2D eigenvalue weighted by Crippen LogP contribution is -2.51. The molecule has 0 spiro atoms. The van der Waals surface area contributed by atoms with E-state index in [9.17, 15) is 28.8 Å². The number of hydrogen-bond acceptors (Lipinski definition) is 7. The van der Waals surface area contributed by atoms with Crippen molar-refractivity contribution in [3.63, 3.8) is 0 Å². The summed E-state index contributed by atoms with van der Waals surface area (Å²) in [6, 6.07) is 25.3. The minimum atomic E-state index is -1.23. The Morgan fingerprint density at radius 3 is 1.96 bits per heavy atom. The molecule has 0 aliphatic heterocycles. The molecule has 3 N–H and O–H groups in total. The Bertz CT molecular complexity index is 1590. The predicted octanol–water partition coefficient (Wildman–Crippen LogP) is 5.28. The summed E-state index contributed by atoms with van der Waals surface area (Å²) in [6.07, 6.45) is 1.19. The largest absolute Gasteiger partial charge is 0.445 e. The zero-order valence-electron chi connectivity index (χ0n) is 28.8. The fraction of sp³-hybridized carbons (Fsp3) is 0.400. The molecule has 0 bridgehead atoms. The predicted molar refractivity (Wildman–Crippen MR) is 188 cm³/mol. The summed E-state index contributed by atoms with van der Waals surface area (Å²) in [7, 11) is 0. The molecule has 264 valence electrons. The summed E-state index contributed by atoms with van der Waals surface area (Å²) >= 11 is 0. The van der Waals surface area contributed by atoms with Crippen molar-refractivity contribution in [2.45, 2.75) is 84.0 Å². The van der Waals surface area contributed by atoms with Crippen LogP contribution in [0, 0.1) is 17.8 Å². The summed E-state index contributed by atoms with van der Waals surface area (Å²) in [5.74, 6) is -3.92. The van der Waals surface area contributed by atoms with Crippen LogP contribution in [0.5, 0.6) is 0 Å². The highest BCUT2D eigenvalue weighted by Crippen LogP contribution is 2.26. The second-order valence-electron chi connectivity index (χ2n) is 13.3. The van der Waals surface area contributed by atoms with Gasteiger partial charge < -0.3 is 20.7 Å². The standard InChI is InChI=1S/C40H47N3O7/c1-27(2)21-32(24-36(45)33(22-28-13-6-3-7-14-28)43-40(49)50-26-30-17-10-5-11-18-30)38(47)42-34(23-31-19-12-20-35(31)44)37(46)39(48)41-25-29-15-8-4-9-16-29/h3-11,13-18,27,31-34H,12,19-26H2,1-2H3,(H,41,48)(H,42,47)(H,43,49)/t31-,32+,33-,34-/m0/s1. The zero-order chi connectivity index (χ0) is 35.9. The van der Waals surface area contributed by atoms with Crippen molar-refractivity contribution in [2.75, 3.05) is 0 Å². The van der Waals surface area contributed by atoms with E-state index in [2.05, 4.69) is 16.0 Å². The molecule has 0 radical (unpaired) electrons. The second kappa shape index (κ2) is 19.2. The van der Waals surface area contributed by atoms with Gasteiger partial charge in [0, 0.05) is 31.2 Å². The number of ether oxygens (including phenoxy) is 1. The summed E-state index contributed by atoms with van der Waals surface area (Å²) in [5, 5.41) is 8.09. The lowest BCUT2D eigenvalue weighted by molar-refractivity contribution is -0.141. The second-order valence-corrected chi connectivity index (χ2v) is 13.3. The number of amides is 3. The van der Waals surface area contributed by atoms with Crippen LogP contribution < -0.4 is 16.0 Å². The maximum absolute atomic E-state index is 13.9. The van der Waals surface area contributed by atoms with Crippen molar-refractivity contribution >= 4 is 35.3 Å². The molecule has 4 rings (SSSR count). The van der Waals surface area contributed by atoms with Gasteiger partial charge in [-0.15, -0.1) is 0 Å². The molecule has 50 heavy (non-hydrogen) atoms. The van der Waals surface area contributed by atoms with Gasteiger partial charge in [0.05, 0.1) is 12.1 Å². The number of carbonyl (C=O) groups excluding carboxylic acids is 6.